The van der Waals surface area contributed by atoms with Crippen LogP contribution < -0.4 is 4.72 Å². The molecule has 0 unspecified atom stereocenters. The number of sulfonamides is 1. The van der Waals surface area contributed by atoms with Crippen molar-refractivity contribution in [3.63, 3.8) is 0 Å². The first-order valence-corrected chi connectivity index (χ1v) is 7.48. The van der Waals surface area contributed by atoms with E-state index >= 15 is 0 Å². The van der Waals surface area contributed by atoms with Gasteiger partial charge in [-0.25, -0.2) is 12.8 Å². The van der Waals surface area contributed by atoms with Crippen LogP contribution in [-0.4, -0.2) is 23.7 Å². The average molecular weight is 372 g/mol. The third kappa shape index (κ3) is 3.99. The minimum Gasteiger partial charge on any atom is -0.504 e. The minimum atomic E-state index is -4.86. The number of rotatable bonds is 3. The monoisotopic (exact) mass is 371 g/mol. The molecule has 0 amide bonds. The summed E-state index contributed by atoms with van der Waals surface area (Å²) in [6, 6.07) is 2.59. The van der Waals surface area contributed by atoms with Crippen molar-refractivity contribution in [1.29, 1.82) is 0 Å². The van der Waals surface area contributed by atoms with Crippen LogP contribution >= 0.6 is 11.6 Å². The van der Waals surface area contributed by atoms with E-state index in [2.05, 4.69) is 10.2 Å². The minimum absolute atomic E-state index is 0.198. The Balaban J connectivity index is 2.38. The summed E-state index contributed by atoms with van der Waals surface area (Å²) in [6.45, 7) is 0. The van der Waals surface area contributed by atoms with Gasteiger partial charge in [-0.3, -0.25) is 4.72 Å². The molecule has 12 heteroatoms. The van der Waals surface area contributed by atoms with Crippen LogP contribution in [0.2, 0.25) is 5.02 Å². The maximum atomic E-state index is 13.2. The number of anilines is 1. The number of halogens is 5. The van der Waals surface area contributed by atoms with Crippen LogP contribution in [-0.2, 0) is 16.2 Å². The first-order chi connectivity index (χ1) is 10.5. The molecular weight excluding hydrogens is 366 g/mol. The van der Waals surface area contributed by atoms with E-state index in [1.54, 1.807) is 4.72 Å². The molecule has 2 rings (SSSR count). The van der Waals surface area contributed by atoms with E-state index in [4.69, 9.17) is 11.6 Å². The molecule has 0 bridgehead atoms. The van der Waals surface area contributed by atoms with Crippen molar-refractivity contribution in [2.75, 3.05) is 4.72 Å². The Morgan fingerprint density at radius 3 is 2.30 bits per heavy atom. The van der Waals surface area contributed by atoms with Gasteiger partial charge in [-0.15, -0.1) is 10.2 Å². The summed E-state index contributed by atoms with van der Waals surface area (Å²) < 4.78 is 76.0. The highest BCUT2D eigenvalue weighted by Gasteiger charge is 2.34. The van der Waals surface area contributed by atoms with Crippen LogP contribution in [0.25, 0.3) is 0 Å². The number of benzene rings is 1. The first-order valence-electron chi connectivity index (χ1n) is 5.62. The molecule has 0 fully saturated rings. The van der Waals surface area contributed by atoms with Gasteiger partial charge < -0.3 is 5.11 Å². The predicted molar refractivity (Wildman–Crippen MR) is 70.9 cm³/mol. The van der Waals surface area contributed by atoms with E-state index < -0.39 is 44.2 Å². The van der Waals surface area contributed by atoms with E-state index in [-0.39, 0.29) is 11.1 Å². The Kier molecular flexibility index (Phi) is 4.35. The van der Waals surface area contributed by atoms with Crippen LogP contribution in [0.4, 0.5) is 23.4 Å². The molecular formula is C11H6ClF4N3O3S. The summed E-state index contributed by atoms with van der Waals surface area (Å²) in [5.74, 6) is -2.89. The summed E-state index contributed by atoms with van der Waals surface area (Å²) in [6.07, 6.45) is -4.86. The molecule has 6 nitrogen and oxygen atoms in total. The normalized spacial score (nSPS) is 12.2. The molecule has 0 spiro atoms. The highest BCUT2D eigenvalue weighted by atomic mass is 35.5. The van der Waals surface area contributed by atoms with E-state index in [0.29, 0.717) is 6.07 Å². The molecule has 0 saturated heterocycles. The van der Waals surface area contributed by atoms with Gasteiger partial charge in [0.1, 0.15) is 5.82 Å². The third-order valence-corrected chi connectivity index (χ3v) is 3.98. The molecule has 0 atom stereocenters. The molecule has 1 heterocycles. The highest BCUT2D eigenvalue weighted by molar-refractivity contribution is 7.92. The Bertz CT molecular complexity index is 838. The molecule has 0 aliphatic carbocycles. The average Bonchev–Trinajstić information content (AvgIpc) is 2.38. The largest absolute Gasteiger partial charge is 0.504 e. The molecule has 1 aromatic carbocycles. The molecule has 2 N–H and O–H groups in total. The fraction of sp³-hybridized carbons (Fsp3) is 0.0909. The number of hydrogen-bond donors (Lipinski definition) is 2. The van der Waals surface area contributed by atoms with Crippen molar-refractivity contribution < 1.29 is 31.1 Å². The standard InChI is InChI=1S/C11H6ClF4N3O3S/c12-5-1-6(13)3-7(2-5)23(21,22)19-10-8(20)4-9(17-18-10)11(14,15)16/h1-4H,(H,17,20)(H,18,19). The highest BCUT2D eigenvalue weighted by Crippen LogP contribution is 2.32. The van der Waals surface area contributed by atoms with Crippen LogP contribution in [0, 0.1) is 5.82 Å². The lowest BCUT2D eigenvalue weighted by Crippen LogP contribution is -2.16. The van der Waals surface area contributed by atoms with Crippen LogP contribution in [0.3, 0.4) is 0 Å². The number of alkyl halides is 3. The lowest BCUT2D eigenvalue weighted by Gasteiger charge is -2.10. The number of aromatic nitrogens is 2. The SMILES string of the molecule is O=S(=O)(Nc1nnc(C(F)(F)F)cc1O)c1cc(F)cc(Cl)c1. The second kappa shape index (κ2) is 5.81. The van der Waals surface area contributed by atoms with Gasteiger partial charge in [0.15, 0.2) is 11.4 Å². The maximum absolute atomic E-state index is 13.2. The molecule has 0 radical (unpaired) electrons. The zero-order chi connectivity index (χ0) is 17.4. The summed E-state index contributed by atoms with van der Waals surface area (Å²) >= 11 is 5.53. The van der Waals surface area contributed by atoms with Gasteiger partial charge in [0.25, 0.3) is 10.0 Å². The fourth-order valence-electron chi connectivity index (χ4n) is 1.46. The van der Waals surface area contributed by atoms with Crippen molar-refractivity contribution in [1.82, 2.24) is 10.2 Å². The van der Waals surface area contributed by atoms with E-state index in [1.165, 1.54) is 0 Å². The molecule has 1 aromatic heterocycles. The molecule has 2 aromatic rings. The van der Waals surface area contributed by atoms with Gasteiger partial charge >= 0.3 is 6.18 Å². The van der Waals surface area contributed by atoms with Crippen molar-refractivity contribution in [3.8, 4) is 5.75 Å². The summed E-state index contributed by atoms with van der Waals surface area (Å²) in [7, 11) is -4.45. The van der Waals surface area contributed by atoms with E-state index in [9.17, 15) is 31.1 Å². The lowest BCUT2D eigenvalue weighted by molar-refractivity contribution is -0.141. The number of nitrogens with zero attached hydrogens (tertiary/aromatic N) is 2. The number of aromatic hydroxyl groups is 1. The number of nitrogens with one attached hydrogen (secondary N) is 1. The topological polar surface area (TPSA) is 92.2 Å². The molecule has 0 saturated carbocycles. The second-order valence-corrected chi connectivity index (χ2v) is 6.29. The Labute approximate surface area is 131 Å². The van der Waals surface area contributed by atoms with Gasteiger partial charge in [0.2, 0.25) is 5.82 Å². The molecule has 23 heavy (non-hydrogen) atoms. The molecule has 0 aliphatic rings. The maximum Gasteiger partial charge on any atom is 0.435 e. The zero-order valence-corrected chi connectivity index (χ0v) is 12.3. The van der Waals surface area contributed by atoms with E-state index in [0.717, 1.165) is 12.1 Å². The van der Waals surface area contributed by atoms with Crippen molar-refractivity contribution in [2.24, 2.45) is 0 Å². The van der Waals surface area contributed by atoms with E-state index in [1.807, 2.05) is 0 Å². The molecule has 0 aliphatic heterocycles. The number of hydrogen-bond acceptors (Lipinski definition) is 5. The smallest absolute Gasteiger partial charge is 0.435 e. The van der Waals surface area contributed by atoms with Crippen molar-refractivity contribution in [3.05, 3.63) is 40.8 Å². The Morgan fingerprint density at radius 1 is 1.13 bits per heavy atom. The quantitative estimate of drug-likeness (QED) is 0.809. The first kappa shape index (κ1) is 17.2. The van der Waals surface area contributed by atoms with Gasteiger partial charge in [0.05, 0.1) is 4.90 Å². The summed E-state index contributed by atoms with van der Waals surface area (Å²) in [5, 5.41) is 15.0. The van der Waals surface area contributed by atoms with Crippen LogP contribution in [0.1, 0.15) is 5.69 Å². The van der Waals surface area contributed by atoms with Crippen molar-refractivity contribution >= 4 is 27.4 Å². The summed E-state index contributed by atoms with van der Waals surface area (Å²) in [5.41, 5.74) is -1.51. The fourth-order valence-corrected chi connectivity index (χ4v) is 2.82. The molecule has 124 valence electrons. The van der Waals surface area contributed by atoms with Gasteiger partial charge in [-0.05, 0) is 18.2 Å². The van der Waals surface area contributed by atoms with Gasteiger partial charge in [0, 0.05) is 11.1 Å². The van der Waals surface area contributed by atoms with Gasteiger partial charge in [-0.1, -0.05) is 11.6 Å². The Hall–Kier alpha value is -2.14. The lowest BCUT2D eigenvalue weighted by atomic mass is 10.3. The zero-order valence-electron chi connectivity index (χ0n) is 10.8. The predicted octanol–water partition coefficient (Wildman–Crippen LogP) is 2.79. The summed E-state index contributed by atoms with van der Waals surface area (Å²) in [4.78, 5) is -0.608. The Morgan fingerprint density at radius 2 is 1.78 bits per heavy atom. The van der Waals surface area contributed by atoms with Gasteiger partial charge in [-0.2, -0.15) is 13.2 Å². The van der Waals surface area contributed by atoms with Crippen LogP contribution in [0.15, 0.2) is 29.2 Å². The van der Waals surface area contributed by atoms with Crippen molar-refractivity contribution in [2.45, 2.75) is 11.1 Å². The third-order valence-electron chi connectivity index (χ3n) is 2.44. The van der Waals surface area contributed by atoms with Crippen LogP contribution in [0.5, 0.6) is 5.75 Å². The second-order valence-electron chi connectivity index (χ2n) is 4.17.